The largest absolute Gasteiger partial charge is 0.460 e. The Morgan fingerprint density at radius 3 is 2.30 bits per heavy atom. The number of ether oxygens (including phenoxy) is 7. The molecular weight excluding hydrogens is 993 g/mol. The molecule has 0 aromatic rings. The zero-order valence-electron chi connectivity index (χ0n) is 44.4. The second kappa shape index (κ2) is 27.0. The van der Waals surface area contributed by atoms with Gasteiger partial charge in [-0.25, -0.2) is 4.79 Å². The lowest BCUT2D eigenvalue weighted by molar-refractivity contribution is -0.267. The SMILES string of the molecule is COC[C@H]1C[C@@H]2CC[C@@H](CN=[N+]=[N-])[C@@](O)(O2)C(=O)C(=O)N2CCCC[C@H]2C(=O)O[C@H]([C@H](C)C[C@@H]2CC[C@@H](O)[C@H](OC)C2)CC(=O)[C@H](C)C2OC2(C)[C@@H](O)[C@@H](OC)C(=O)[C@H](CN=[N+]=[N-])CC/C=C/C=C/C2OC21CN=[N+]=[N-]. The predicted molar refractivity (Wildman–Crippen MR) is 269 cm³/mol. The van der Waals surface area contributed by atoms with Crippen molar-refractivity contribution in [2.45, 2.75) is 176 Å². The number of hydrogen-bond donors (Lipinski definition) is 3. The normalized spacial score (nSPS) is 40.3. The van der Waals surface area contributed by atoms with Crippen molar-refractivity contribution in [3.8, 4) is 0 Å². The molecule has 4 unspecified atom stereocenters. The Labute approximate surface area is 442 Å². The summed E-state index contributed by atoms with van der Waals surface area (Å²) in [6.07, 6.45) is 3.26. The van der Waals surface area contributed by atoms with E-state index in [9.17, 15) is 55.9 Å². The van der Waals surface area contributed by atoms with Crippen molar-refractivity contribution in [1.29, 1.82) is 0 Å². The molecule has 6 rings (SSSR count). The van der Waals surface area contributed by atoms with E-state index in [2.05, 4.69) is 30.1 Å². The number of Topliss-reactive ketones (excluding diaryl/α,β-unsaturated/α-hetero) is 3. The van der Waals surface area contributed by atoms with Gasteiger partial charge in [-0.3, -0.25) is 19.2 Å². The van der Waals surface area contributed by atoms with Gasteiger partial charge >= 0.3 is 5.97 Å². The Kier molecular flexibility index (Phi) is 21.4. The lowest BCUT2D eigenvalue weighted by Crippen LogP contribution is -2.62. The highest BCUT2D eigenvalue weighted by Crippen LogP contribution is 2.49. The number of carbonyl (C=O) groups excluding carboxylic acids is 5. The number of carbonyl (C=O) groups is 5. The second-order valence-corrected chi connectivity index (χ2v) is 21.6. The molecule has 25 heteroatoms. The van der Waals surface area contributed by atoms with Crippen LogP contribution in [0.3, 0.4) is 0 Å². The number of azide groups is 3. The summed E-state index contributed by atoms with van der Waals surface area (Å²) in [7, 11) is 4.27. The molecule has 420 valence electrons. The van der Waals surface area contributed by atoms with Gasteiger partial charge in [-0.2, -0.15) is 0 Å². The number of piperidine rings is 1. The minimum atomic E-state index is -2.81. The molecule has 3 N–H and O–H groups in total. The number of allylic oxidation sites excluding steroid dienone is 3. The maximum absolute atomic E-state index is 14.7. The van der Waals surface area contributed by atoms with Crippen molar-refractivity contribution in [3.63, 3.8) is 0 Å². The van der Waals surface area contributed by atoms with Crippen molar-refractivity contribution >= 4 is 29.2 Å². The fraction of sp³-hybridized carbons (Fsp3) is 0.824. The fourth-order valence-electron chi connectivity index (χ4n) is 12.1. The average Bonchev–Trinajstić information content (AvgIpc) is 4.32. The molecule has 5 heterocycles. The van der Waals surface area contributed by atoms with Crippen LogP contribution in [0.2, 0.25) is 0 Å². The highest BCUT2D eigenvalue weighted by Gasteiger charge is 2.64. The number of ketones is 3. The zero-order valence-corrected chi connectivity index (χ0v) is 44.4. The van der Waals surface area contributed by atoms with E-state index in [1.165, 1.54) is 21.3 Å². The van der Waals surface area contributed by atoms with E-state index in [1.807, 2.05) is 6.92 Å². The van der Waals surface area contributed by atoms with Crippen LogP contribution in [0.4, 0.5) is 0 Å². The molecule has 2 bridgehead atoms. The van der Waals surface area contributed by atoms with Crippen molar-refractivity contribution < 1.29 is 72.5 Å². The molecule has 6 aliphatic rings. The van der Waals surface area contributed by atoms with Crippen LogP contribution in [0, 0.1) is 35.5 Å². The Balaban J connectivity index is 1.36. The first-order valence-electron chi connectivity index (χ1n) is 26.5. The Morgan fingerprint density at radius 1 is 0.868 bits per heavy atom. The van der Waals surface area contributed by atoms with E-state index in [0.29, 0.717) is 44.9 Å². The van der Waals surface area contributed by atoms with Gasteiger partial charge in [0.2, 0.25) is 5.79 Å². The first kappa shape index (κ1) is 60.2. The quantitative estimate of drug-likeness (QED) is 0.0514. The summed E-state index contributed by atoms with van der Waals surface area (Å²) < 4.78 is 41.7. The number of aliphatic hydroxyl groups excluding tert-OH is 2. The molecule has 5 aliphatic heterocycles. The van der Waals surface area contributed by atoms with Crippen molar-refractivity contribution in [2.75, 3.05) is 54.1 Å². The van der Waals surface area contributed by atoms with Gasteiger partial charge in [0, 0.05) is 85.8 Å². The van der Waals surface area contributed by atoms with Gasteiger partial charge in [0.25, 0.3) is 11.7 Å². The number of hydrogen-bond acceptors (Lipinski definition) is 18. The van der Waals surface area contributed by atoms with Crippen LogP contribution in [0.5, 0.6) is 0 Å². The molecule has 4 saturated heterocycles. The van der Waals surface area contributed by atoms with Gasteiger partial charge in [-0.1, -0.05) is 53.5 Å². The number of methoxy groups -OCH3 is 3. The minimum absolute atomic E-state index is 0.0248. The van der Waals surface area contributed by atoms with Gasteiger partial charge < -0.3 is 53.4 Å². The third kappa shape index (κ3) is 13.8. The van der Waals surface area contributed by atoms with Crippen LogP contribution >= 0.6 is 0 Å². The molecule has 1 amide bonds. The molecule has 0 aromatic carbocycles. The first-order chi connectivity index (χ1) is 36.4. The highest BCUT2D eigenvalue weighted by atomic mass is 16.6. The second-order valence-electron chi connectivity index (χ2n) is 21.6. The molecule has 25 nitrogen and oxygen atoms in total. The average molecular weight is 1070 g/mol. The van der Waals surface area contributed by atoms with Gasteiger partial charge in [0.1, 0.15) is 47.4 Å². The van der Waals surface area contributed by atoms with Crippen molar-refractivity contribution in [2.24, 2.45) is 50.9 Å². The molecule has 1 aliphatic carbocycles. The molecule has 0 radical (unpaired) electrons. The van der Waals surface area contributed by atoms with E-state index < -0.39 is 131 Å². The van der Waals surface area contributed by atoms with Crippen LogP contribution in [0.1, 0.15) is 104 Å². The monoisotopic (exact) mass is 1070 g/mol. The number of fused-ring (bicyclic) bond motifs is 5. The summed E-state index contributed by atoms with van der Waals surface area (Å²) in [5.74, 6) is -11.1. The third-order valence-corrected chi connectivity index (χ3v) is 16.8. The topological polar surface area (TPSA) is 367 Å². The number of nitrogens with zero attached hydrogens (tertiary/aromatic N) is 10. The first-order valence-corrected chi connectivity index (χ1v) is 26.5. The van der Waals surface area contributed by atoms with Crippen molar-refractivity contribution in [3.05, 3.63) is 55.6 Å². The summed E-state index contributed by atoms with van der Waals surface area (Å²) in [6, 6.07) is -1.31. The highest BCUT2D eigenvalue weighted by molar-refractivity contribution is 6.39. The van der Waals surface area contributed by atoms with Crippen LogP contribution in [-0.2, 0) is 57.1 Å². The van der Waals surface area contributed by atoms with Gasteiger partial charge in [0.15, 0.2) is 5.78 Å². The number of esters is 1. The number of aliphatic hydroxyl groups is 3. The minimum Gasteiger partial charge on any atom is -0.460 e. The maximum atomic E-state index is 14.7. The Bertz CT molecular complexity index is 2290. The standard InChI is InChI=1S/C51H76N10O15/c1-29(21-31-16-19-37(62)40(22-31)71-5)39-24-38(63)30(2)46-49(3,76-46)44(65)43(72-6)42(64)32(25-55-58-52)13-9-7-8-10-15-41-50(75-41,28-57-60-54)34(27-70-4)23-35-18-17-33(26-56-59-53)51(69,74-35)45(66)47(67)61-20-12-11-14-36(61)48(68)73-39/h7-8,10,15,29-37,39-41,43-44,46,62,65,69H,9,11-14,16-28H2,1-6H3/b8-7+,15-10+/t29-,30+,31+,32+,33+,34-,35+,36+,37-,39+,40-,41?,43+,44+,46?,49?,50?,51-/m1/s1. The molecule has 18 atom stereocenters. The summed E-state index contributed by atoms with van der Waals surface area (Å²) in [4.78, 5) is 82.2. The van der Waals surface area contributed by atoms with Gasteiger partial charge in [0.05, 0.1) is 37.6 Å². The van der Waals surface area contributed by atoms with Crippen LogP contribution < -0.4 is 0 Å². The smallest absolute Gasteiger partial charge is 0.329 e. The lowest BCUT2D eigenvalue weighted by Gasteiger charge is -2.44. The molecule has 0 aromatic heterocycles. The van der Waals surface area contributed by atoms with E-state index in [1.54, 1.807) is 38.2 Å². The van der Waals surface area contributed by atoms with E-state index >= 15 is 0 Å². The molecule has 1 saturated carbocycles. The number of epoxide rings is 2. The Hall–Kier alpha value is -5.00. The summed E-state index contributed by atoms with van der Waals surface area (Å²) >= 11 is 0. The summed E-state index contributed by atoms with van der Waals surface area (Å²) in [6.45, 7) is 4.31. The maximum Gasteiger partial charge on any atom is 0.329 e. The fourth-order valence-corrected chi connectivity index (χ4v) is 12.1. The van der Waals surface area contributed by atoms with Gasteiger partial charge in [-0.05, 0) is 112 Å². The Morgan fingerprint density at radius 2 is 1.61 bits per heavy atom. The third-order valence-electron chi connectivity index (χ3n) is 16.8. The van der Waals surface area contributed by atoms with E-state index in [4.69, 9.17) is 33.2 Å². The molecule has 5 fully saturated rings. The van der Waals surface area contributed by atoms with Gasteiger partial charge in [-0.15, -0.1) is 0 Å². The van der Waals surface area contributed by atoms with Crippen molar-refractivity contribution in [1.82, 2.24) is 4.90 Å². The summed E-state index contributed by atoms with van der Waals surface area (Å²) in [5, 5.41) is 45.9. The van der Waals surface area contributed by atoms with Crippen LogP contribution in [-0.4, -0.2) is 175 Å². The number of cyclic esters (lactones) is 1. The zero-order chi connectivity index (χ0) is 55.4. The number of amides is 1. The van der Waals surface area contributed by atoms with Crippen LogP contribution in [0.15, 0.2) is 39.6 Å². The van der Waals surface area contributed by atoms with E-state index in [0.717, 1.165) is 4.90 Å². The predicted octanol–water partition coefficient (Wildman–Crippen LogP) is 5.48. The molecule has 76 heavy (non-hydrogen) atoms. The van der Waals surface area contributed by atoms with Crippen LogP contribution in [0.25, 0.3) is 31.3 Å². The molecule has 0 spiro atoms. The van der Waals surface area contributed by atoms with E-state index in [-0.39, 0.29) is 76.5 Å². The number of rotatable bonds is 13. The molecular formula is C51H76N10O15. The lowest BCUT2D eigenvalue weighted by atomic mass is 9.78. The summed E-state index contributed by atoms with van der Waals surface area (Å²) in [5.41, 5.74) is 25.4.